The topological polar surface area (TPSA) is 0 Å². The molecule has 0 amide bonds. The molecule has 0 bridgehead atoms. The summed E-state index contributed by atoms with van der Waals surface area (Å²) in [7, 11) is 0. The van der Waals surface area contributed by atoms with E-state index in [0.29, 0.717) is 5.02 Å². The Morgan fingerprint density at radius 1 is 1.50 bits per heavy atom. The molecule has 1 aromatic carbocycles. The molecule has 0 aliphatic rings. The summed E-state index contributed by atoms with van der Waals surface area (Å²) >= 11 is 5.73. The molecule has 1 heteroatoms. The van der Waals surface area contributed by atoms with Gasteiger partial charge < -0.3 is 0 Å². The first kappa shape index (κ1) is 7.62. The molecule has 0 saturated carbocycles. The van der Waals surface area contributed by atoms with E-state index in [-0.39, 0.29) is 0 Å². The number of benzene rings is 1. The lowest BCUT2D eigenvalue weighted by molar-refractivity contribution is 0.920. The first-order valence-electron chi connectivity index (χ1n) is 3.49. The number of hydrogen-bond acceptors (Lipinski definition) is 0. The normalized spacial score (nSPS) is 9.80. The van der Waals surface area contributed by atoms with Gasteiger partial charge in [-0.1, -0.05) is 37.1 Å². The third-order valence-corrected chi connectivity index (χ3v) is 1.56. The van der Waals surface area contributed by atoms with Crippen LogP contribution in [0.5, 0.6) is 0 Å². The van der Waals surface area contributed by atoms with Crippen molar-refractivity contribution in [2.24, 2.45) is 0 Å². The molecule has 1 radical (unpaired) electrons. The molecule has 1 aromatic rings. The molecule has 1 rings (SSSR count). The second kappa shape index (κ2) is 3.62. The highest BCUT2D eigenvalue weighted by Gasteiger charge is 1.91. The Balaban J connectivity index is 2.75. The average molecular weight is 154 g/mol. The SMILES string of the molecule is CCCc1[c]c(Cl)ccc1. The van der Waals surface area contributed by atoms with Gasteiger partial charge in [-0.3, -0.25) is 0 Å². The Morgan fingerprint density at radius 3 is 2.90 bits per heavy atom. The van der Waals surface area contributed by atoms with Crippen molar-refractivity contribution in [3.8, 4) is 0 Å². The first-order chi connectivity index (χ1) is 4.83. The van der Waals surface area contributed by atoms with Crippen molar-refractivity contribution in [3.05, 3.63) is 34.9 Å². The average Bonchev–Trinajstić information content (AvgIpc) is 1.88. The fraction of sp³-hybridized carbons (Fsp3) is 0.333. The highest BCUT2D eigenvalue weighted by Crippen LogP contribution is 2.10. The quantitative estimate of drug-likeness (QED) is 0.613. The molecule has 0 N–H and O–H groups in total. The minimum atomic E-state index is 0.714. The van der Waals surface area contributed by atoms with Gasteiger partial charge >= 0.3 is 0 Å². The Kier molecular flexibility index (Phi) is 2.76. The van der Waals surface area contributed by atoms with Gasteiger partial charge in [0.15, 0.2) is 0 Å². The third kappa shape index (κ3) is 2.03. The molecule has 0 heterocycles. The van der Waals surface area contributed by atoms with Gasteiger partial charge in [0.1, 0.15) is 0 Å². The van der Waals surface area contributed by atoms with E-state index in [1.165, 1.54) is 5.56 Å². The second-order valence-corrected chi connectivity index (χ2v) is 2.68. The van der Waals surface area contributed by atoms with Crippen LogP contribution in [-0.4, -0.2) is 0 Å². The lowest BCUT2D eigenvalue weighted by atomic mass is 10.1. The highest BCUT2D eigenvalue weighted by atomic mass is 35.5. The van der Waals surface area contributed by atoms with Gasteiger partial charge in [-0.15, -0.1) is 0 Å². The summed E-state index contributed by atoms with van der Waals surface area (Å²) in [6.07, 6.45) is 2.22. The van der Waals surface area contributed by atoms with Gasteiger partial charge in [0.25, 0.3) is 0 Å². The number of halogens is 1. The van der Waals surface area contributed by atoms with Crippen LogP contribution in [0.15, 0.2) is 18.2 Å². The monoisotopic (exact) mass is 153 g/mol. The number of hydrogen-bond donors (Lipinski definition) is 0. The first-order valence-corrected chi connectivity index (χ1v) is 3.87. The van der Waals surface area contributed by atoms with E-state index in [2.05, 4.69) is 19.1 Å². The molecule has 0 aliphatic carbocycles. The minimum Gasteiger partial charge on any atom is -0.0837 e. The summed E-state index contributed by atoms with van der Waals surface area (Å²) < 4.78 is 0. The standard InChI is InChI=1S/C9H10Cl/c1-2-4-8-5-3-6-9(10)7-8/h3,5-6H,2,4H2,1H3. The molecular formula is C9H10Cl. The predicted octanol–water partition coefficient (Wildman–Crippen LogP) is 3.09. The Labute approximate surface area is 66.8 Å². The zero-order chi connectivity index (χ0) is 7.40. The summed E-state index contributed by atoms with van der Waals surface area (Å²) in [5.41, 5.74) is 1.20. The van der Waals surface area contributed by atoms with E-state index >= 15 is 0 Å². The summed E-state index contributed by atoms with van der Waals surface area (Å²) in [5.74, 6) is 0. The largest absolute Gasteiger partial charge is 0.0837 e. The van der Waals surface area contributed by atoms with Crippen LogP contribution in [0.2, 0.25) is 5.02 Å². The van der Waals surface area contributed by atoms with Crippen molar-refractivity contribution >= 4 is 11.6 Å². The van der Waals surface area contributed by atoms with Crippen LogP contribution >= 0.6 is 11.6 Å². The van der Waals surface area contributed by atoms with Crippen LogP contribution in [0.3, 0.4) is 0 Å². The van der Waals surface area contributed by atoms with Crippen molar-refractivity contribution < 1.29 is 0 Å². The molecule has 0 aliphatic heterocycles. The van der Waals surface area contributed by atoms with E-state index in [1.807, 2.05) is 12.1 Å². The van der Waals surface area contributed by atoms with Gasteiger partial charge in [-0.2, -0.15) is 0 Å². The van der Waals surface area contributed by atoms with Crippen molar-refractivity contribution in [2.75, 3.05) is 0 Å². The number of aryl methyl sites for hydroxylation is 1. The van der Waals surface area contributed by atoms with Gasteiger partial charge in [0.05, 0.1) is 0 Å². The number of rotatable bonds is 2. The highest BCUT2D eigenvalue weighted by molar-refractivity contribution is 6.30. The van der Waals surface area contributed by atoms with Crippen LogP contribution in [0.4, 0.5) is 0 Å². The zero-order valence-electron chi connectivity index (χ0n) is 6.02. The van der Waals surface area contributed by atoms with Gasteiger partial charge in [-0.05, 0) is 18.1 Å². The molecular weight excluding hydrogens is 144 g/mol. The molecule has 0 spiro atoms. The van der Waals surface area contributed by atoms with Crippen molar-refractivity contribution in [2.45, 2.75) is 19.8 Å². The minimum absolute atomic E-state index is 0.714. The lowest BCUT2D eigenvalue weighted by Crippen LogP contribution is -1.81. The Morgan fingerprint density at radius 2 is 2.30 bits per heavy atom. The maximum absolute atomic E-state index is 5.73. The van der Waals surface area contributed by atoms with E-state index in [9.17, 15) is 0 Å². The molecule has 0 aromatic heterocycles. The summed E-state index contributed by atoms with van der Waals surface area (Å²) in [4.78, 5) is 0. The van der Waals surface area contributed by atoms with Crippen LogP contribution in [0.1, 0.15) is 18.9 Å². The molecule has 53 valence electrons. The maximum Gasteiger partial charge on any atom is 0.0487 e. The van der Waals surface area contributed by atoms with Crippen molar-refractivity contribution in [1.82, 2.24) is 0 Å². The molecule has 0 unspecified atom stereocenters. The van der Waals surface area contributed by atoms with Crippen LogP contribution in [0, 0.1) is 6.07 Å². The summed E-state index contributed by atoms with van der Waals surface area (Å²) in [5, 5.41) is 0.714. The zero-order valence-corrected chi connectivity index (χ0v) is 6.78. The fourth-order valence-corrected chi connectivity index (χ4v) is 1.09. The van der Waals surface area contributed by atoms with Crippen molar-refractivity contribution in [3.63, 3.8) is 0 Å². The Bertz CT molecular complexity index is 206. The second-order valence-electron chi connectivity index (χ2n) is 2.27. The van der Waals surface area contributed by atoms with Gasteiger partial charge in [-0.25, -0.2) is 0 Å². The van der Waals surface area contributed by atoms with E-state index in [0.717, 1.165) is 12.8 Å². The molecule has 0 fully saturated rings. The predicted molar refractivity (Wildman–Crippen MR) is 44.3 cm³/mol. The molecule has 10 heavy (non-hydrogen) atoms. The Hall–Kier alpha value is -0.490. The third-order valence-electron chi connectivity index (χ3n) is 1.34. The van der Waals surface area contributed by atoms with Crippen LogP contribution < -0.4 is 0 Å². The maximum atomic E-state index is 5.73. The molecule has 0 nitrogen and oxygen atoms in total. The summed E-state index contributed by atoms with van der Waals surface area (Å²) in [6, 6.07) is 8.93. The molecule has 0 saturated heterocycles. The van der Waals surface area contributed by atoms with E-state index < -0.39 is 0 Å². The van der Waals surface area contributed by atoms with Gasteiger partial charge in [0, 0.05) is 11.1 Å². The van der Waals surface area contributed by atoms with E-state index in [4.69, 9.17) is 11.6 Å². The van der Waals surface area contributed by atoms with Crippen molar-refractivity contribution in [1.29, 1.82) is 0 Å². The van der Waals surface area contributed by atoms with E-state index in [1.54, 1.807) is 0 Å². The van der Waals surface area contributed by atoms with Crippen LogP contribution in [0.25, 0.3) is 0 Å². The lowest BCUT2D eigenvalue weighted by Gasteiger charge is -1.95. The van der Waals surface area contributed by atoms with Crippen LogP contribution in [-0.2, 0) is 6.42 Å². The summed E-state index contributed by atoms with van der Waals surface area (Å²) in [6.45, 7) is 2.15. The smallest absolute Gasteiger partial charge is 0.0487 e. The fourth-order valence-electron chi connectivity index (χ4n) is 0.901. The van der Waals surface area contributed by atoms with Gasteiger partial charge in [0.2, 0.25) is 0 Å². The molecule has 0 atom stereocenters.